The van der Waals surface area contributed by atoms with Crippen molar-refractivity contribution in [3.05, 3.63) is 71.5 Å². The van der Waals surface area contributed by atoms with Crippen LogP contribution in [-0.2, 0) is 9.59 Å². The Kier molecular flexibility index (Phi) is 4.30. The predicted octanol–water partition coefficient (Wildman–Crippen LogP) is 3.03. The second-order valence-corrected chi connectivity index (χ2v) is 5.34. The molecule has 0 unspecified atom stereocenters. The zero-order valence-corrected chi connectivity index (χ0v) is 13.2. The van der Waals surface area contributed by atoms with E-state index in [0.717, 1.165) is 17.0 Å². The third-order valence-corrected chi connectivity index (χ3v) is 3.47. The molecule has 1 fully saturated rings. The molecular formula is C18H13FN2O4. The highest BCUT2D eigenvalue weighted by atomic mass is 19.1. The van der Waals surface area contributed by atoms with Gasteiger partial charge in [-0.2, -0.15) is 0 Å². The predicted molar refractivity (Wildman–Crippen MR) is 87.9 cm³/mol. The second kappa shape index (κ2) is 6.56. The van der Waals surface area contributed by atoms with Crippen LogP contribution in [0.2, 0.25) is 0 Å². The van der Waals surface area contributed by atoms with Gasteiger partial charge in [0, 0.05) is 0 Å². The molecule has 2 heterocycles. The summed E-state index contributed by atoms with van der Waals surface area (Å²) < 4.78 is 18.2. The summed E-state index contributed by atoms with van der Waals surface area (Å²) in [5.74, 6) is -1.52. The Balaban J connectivity index is 1.95. The summed E-state index contributed by atoms with van der Waals surface area (Å²) in [7, 11) is 0. The lowest BCUT2D eigenvalue weighted by atomic mass is 10.1. The quantitative estimate of drug-likeness (QED) is 0.688. The van der Waals surface area contributed by atoms with E-state index >= 15 is 0 Å². The van der Waals surface area contributed by atoms with Gasteiger partial charge in [-0.3, -0.25) is 14.9 Å². The maximum Gasteiger partial charge on any atom is 0.335 e. The fraction of sp³-hybridized carbons (Fsp3) is 0.0556. The average Bonchev–Trinajstić information content (AvgIpc) is 3.06. The van der Waals surface area contributed by atoms with Crippen molar-refractivity contribution in [1.29, 1.82) is 0 Å². The Labute approximate surface area is 142 Å². The van der Waals surface area contributed by atoms with E-state index in [1.807, 2.05) is 0 Å². The van der Waals surface area contributed by atoms with Crippen molar-refractivity contribution in [2.24, 2.45) is 0 Å². The maximum atomic E-state index is 13.1. The maximum absolute atomic E-state index is 13.1. The summed E-state index contributed by atoms with van der Waals surface area (Å²) in [6, 6.07) is 7.36. The number of nitrogens with one attached hydrogen (secondary N) is 1. The topological polar surface area (TPSA) is 79.6 Å². The van der Waals surface area contributed by atoms with Crippen molar-refractivity contribution in [1.82, 2.24) is 5.32 Å². The zero-order chi connectivity index (χ0) is 18.0. The first kappa shape index (κ1) is 16.4. The first-order chi connectivity index (χ1) is 12.0. The van der Waals surface area contributed by atoms with E-state index < -0.39 is 23.7 Å². The van der Waals surface area contributed by atoms with Crippen LogP contribution in [0.1, 0.15) is 12.7 Å². The number of anilines is 1. The lowest BCUT2D eigenvalue weighted by Crippen LogP contribution is -2.54. The number of urea groups is 1. The molecule has 1 saturated heterocycles. The Morgan fingerprint density at radius 1 is 1.16 bits per heavy atom. The highest BCUT2D eigenvalue weighted by Gasteiger charge is 2.36. The molecule has 0 atom stereocenters. The van der Waals surface area contributed by atoms with Gasteiger partial charge in [0.2, 0.25) is 0 Å². The molecule has 1 aromatic carbocycles. The van der Waals surface area contributed by atoms with Gasteiger partial charge in [0.05, 0.1) is 12.0 Å². The van der Waals surface area contributed by atoms with Gasteiger partial charge in [-0.25, -0.2) is 14.1 Å². The number of rotatable bonds is 3. The van der Waals surface area contributed by atoms with E-state index in [1.165, 1.54) is 24.5 Å². The van der Waals surface area contributed by atoms with Crippen molar-refractivity contribution in [3.8, 4) is 0 Å². The molecule has 126 valence electrons. The van der Waals surface area contributed by atoms with E-state index in [2.05, 4.69) is 5.32 Å². The second-order valence-electron chi connectivity index (χ2n) is 5.34. The summed E-state index contributed by atoms with van der Waals surface area (Å²) in [4.78, 5) is 37.4. The van der Waals surface area contributed by atoms with Crippen molar-refractivity contribution < 1.29 is 23.2 Å². The number of amides is 4. The zero-order valence-electron chi connectivity index (χ0n) is 13.2. The Morgan fingerprint density at radius 3 is 2.52 bits per heavy atom. The summed E-state index contributed by atoms with van der Waals surface area (Å²) in [5, 5.41) is 2.10. The number of halogens is 1. The number of furan rings is 1. The van der Waals surface area contributed by atoms with E-state index in [-0.39, 0.29) is 11.3 Å². The highest BCUT2D eigenvalue weighted by Crippen LogP contribution is 2.22. The van der Waals surface area contributed by atoms with Gasteiger partial charge in [0.25, 0.3) is 11.8 Å². The molecule has 25 heavy (non-hydrogen) atoms. The third-order valence-electron chi connectivity index (χ3n) is 3.47. The van der Waals surface area contributed by atoms with Crippen LogP contribution in [0.3, 0.4) is 0 Å². The van der Waals surface area contributed by atoms with E-state index in [0.29, 0.717) is 11.3 Å². The van der Waals surface area contributed by atoms with Gasteiger partial charge in [0.15, 0.2) is 0 Å². The van der Waals surface area contributed by atoms with Gasteiger partial charge in [-0.05, 0) is 61.0 Å². The summed E-state index contributed by atoms with van der Waals surface area (Å²) in [5.41, 5.74) is 0.543. The summed E-state index contributed by atoms with van der Waals surface area (Å²) in [6.45, 7) is 1.69. The summed E-state index contributed by atoms with van der Waals surface area (Å²) in [6.07, 6.45) is 4.51. The lowest BCUT2D eigenvalue weighted by molar-refractivity contribution is -0.122. The number of benzene rings is 1. The molecule has 0 aliphatic carbocycles. The average molecular weight is 340 g/mol. The van der Waals surface area contributed by atoms with Crippen LogP contribution in [-0.4, -0.2) is 17.8 Å². The van der Waals surface area contributed by atoms with Crippen LogP contribution in [0.15, 0.2) is 64.3 Å². The number of carbonyl (C=O) groups excluding carboxylic acids is 3. The highest BCUT2D eigenvalue weighted by molar-refractivity contribution is 6.37. The number of allylic oxidation sites excluding steroid dienone is 2. The fourth-order valence-electron chi connectivity index (χ4n) is 2.35. The molecule has 7 heteroatoms. The van der Waals surface area contributed by atoms with Crippen LogP contribution >= 0.6 is 0 Å². The van der Waals surface area contributed by atoms with Crippen LogP contribution in [0.5, 0.6) is 0 Å². The molecule has 1 aromatic heterocycles. The minimum atomic E-state index is -0.883. The molecule has 0 saturated carbocycles. The van der Waals surface area contributed by atoms with Crippen molar-refractivity contribution in [2.75, 3.05) is 4.90 Å². The number of imide groups is 2. The van der Waals surface area contributed by atoms with E-state index in [9.17, 15) is 18.8 Å². The Bertz CT molecular complexity index is 896. The minimum absolute atomic E-state index is 0.162. The number of hydrogen-bond donors (Lipinski definition) is 1. The summed E-state index contributed by atoms with van der Waals surface area (Å²) >= 11 is 0. The molecule has 3 rings (SSSR count). The molecular weight excluding hydrogens is 327 g/mol. The van der Waals surface area contributed by atoms with Crippen LogP contribution in [0.4, 0.5) is 14.9 Å². The molecule has 1 aliphatic heterocycles. The van der Waals surface area contributed by atoms with E-state index in [1.54, 1.807) is 25.1 Å². The number of carbonyl (C=O) groups is 3. The Hall–Kier alpha value is -3.48. The van der Waals surface area contributed by atoms with Gasteiger partial charge >= 0.3 is 6.03 Å². The van der Waals surface area contributed by atoms with Crippen LogP contribution < -0.4 is 10.2 Å². The molecule has 0 radical (unpaired) electrons. The van der Waals surface area contributed by atoms with Crippen molar-refractivity contribution >= 4 is 29.6 Å². The molecule has 2 aromatic rings. The van der Waals surface area contributed by atoms with E-state index in [4.69, 9.17) is 4.42 Å². The van der Waals surface area contributed by atoms with Gasteiger partial charge in [-0.1, -0.05) is 0 Å². The van der Waals surface area contributed by atoms with Gasteiger partial charge in [0.1, 0.15) is 17.2 Å². The molecule has 4 amide bonds. The standard InChI is InChI=1S/C18H13FN2O4/c1-11(9-14-3-2-8-25-14)10-15-16(22)20-18(24)21(17(15)23)13-6-4-12(19)5-7-13/h2-10H,1H3,(H,20,22,24)/b11-9+,15-10+. The van der Waals surface area contributed by atoms with Gasteiger partial charge in [-0.15, -0.1) is 0 Å². The molecule has 1 N–H and O–H groups in total. The molecule has 0 bridgehead atoms. The normalized spacial score (nSPS) is 17.2. The Morgan fingerprint density at radius 2 is 1.88 bits per heavy atom. The first-order valence-corrected chi connectivity index (χ1v) is 7.34. The molecule has 6 nitrogen and oxygen atoms in total. The smallest absolute Gasteiger partial charge is 0.335 e. The van der Waals surface area contributed by atoms with Crippen molar-refractivity contribution in [2.45, 2.75) is 6.92 Å². The monoisotopic (exact) mass is 340 g/mol. The SMILES string of the molecule is CC(=C\c1ccco1)/C=C1\C(=O)NC(=O)N(c2ccc(F)cc2)C1=O. The van der Waals surface area contributed by atoms with Crippen LogP contribution in [0, 0.1) is 5.82 Å². The fourth-order valence-corrected chi connectivity index (χ4v) is 2.35. The third kappa shape index (κ3) is 3.40. The molecule has 1 aliphatic rings. The van der Waals surface area contributed by atoms with Gasteiger partial charge < -0.3 is 4.42 Å². The largest absolute Gasteiger partial charge is 0.465 e. The number of nitrogens with zero attached hydrogens (tertiary/aromatic N) is 1. The number of hydrogen-bond acceptors (Lipinski definition) is 4. The minimum Gasteiger partial charge on any atom is -0.465 e. The lowest BCUT2D eigenvalue weighted by Gasteiger charge is -2.26. The molecule has 0 spiro atoms. The first-order valence-electron chi connectivity index (χ1n) is 7.34. The number of barbiturate groups is 1. The van der Waals surface area contributed by atoms with Crippen LogP contribution in [0.25, 0.3) is 6.08 Å². The van der Waals surface area contributed by atoms with Crippen molar-refractivity contribution in [3.63, 3.8) is 0 Å².